The molecule has 4 nitrogen and oxygen atoms in total. The Kier molecular flexibility index (Phi) is 5.16. The predicted octanol–water partition coefficient (Wildman–Crippen LogP) is 2.00. The summed E-state index contributed by atoms with van der Waals surface area (Å²) in [7, 11) is -3.31. The van der Waals surface area contributed by atoms with E-state index in [1.165, 1.54) is 4.31 Å². The van der Waals surface area contributed by atoms with Gasteiger partial charge in [-0.1, -0.05) is 25.5 Å². The first-order valence-electron chi connectivity index (χ1n) is 6.31. The first kappa shape index (κ1) is 14.7. The molecule has 5 heteroatoms. The molecule has 1 atom stereocenters. The van der Waals surface area contributed by atoms with E-state index in [-0.39, 0.29) is 6.04 Å². The fourth-order valence-corrected chi connectivity index (χ4v) is 4.15. The van der Waals surface area contributed by atoms with Crippen molar-refractivity contribution in [2.45, 2.75) is 46.1 Å². The summed E-state index contributed by atoms with van der Waals surface area (Å²) in [6, 6.07) is 0.118. The summed E-state index contributed by atoms with van der Waals surface area (Å²) in [6.45, 7) is 11.1. The summed E-state index contributed by atoms with van der Waals surface area (Å²) in [6.07, 6.45) is 3.05. The molecule has 1 heterocycles. The van der Waals surface area contributed by atoms with Gasteiger partial charge in [-0.05, 0) is 26.7 Å². The van der Waals surface area contributed by atoms with Crippen molar-refractivity contribution in [2.75, 3.05) is 19.6 Å². The third-order valence-corrected chi connectivity index (χ3v) is 5.34. The van der Waals surface area contributed by atoms with Crippen LogP contribution in [0.2, 0.25) is 0 Å². The van der Waals surface area contributed by atoms with Crippen LogP contribution < -0.4 is 0 Å². The first-order valence-corrected chi connectivity index (χ1v) is 7.70. The number of hydrogen-bond donors (Lipinski definition) is 0. The maximum atomic E-state index is 12.5. The third kappa shape index (κ3) is 3.53. The van der Waals surface area contributed by atoms with Gasteiger partial charge in [0, 0.05) is 25.7 Å². The van der Waals surface area contributed by atoms with Gasteiger partial charge in [0.1, 0.15) is 0 Å². The van der Waals surface area contributed by atoms with Crippen LogP contribution in [0.4, 0.5) is 0 Å². The summed E-state index contributed by atoms with van der Waals surface area (Å²) in [4.78, 5) is 0. The van der Waals surface area contributed by atoms with Crippen molar-refractivity contribution in [3.05, 3.63) is 12.2 Å². The van der Waals surface area contributed by atoms with Crippen molar-refractivity contribution in [3.8, 4) is 0 Å². The second kappa shape index (κ2) is 5.98. The normalized spacial score (nSPS) is 22.9. The highest BCUT2D eigenvalue weighted by Gasteiger charge is 2.33. The molecule has 0 aromatic carbocycles. The Bertz CT molecular complexity index is 365. The topological polar surface area (TPSA) is 40.6 Å². The van der Waals surface area contributed by atoms with Gasteiger partial charge in [-0.2, -0.15) is 17.0 Å². The molecule has 1 aliphatic heterocycles. The van der Waals surface area contributed by atoms with E-state index in [4.69, 9.17) is 0 Å². The first-order chi connectivity index (χ1) is 7.89. The highest BCUT2D eigenvalue weighted by atomic mass is 32.2. The lowest BCUT2D eigenvalue weighted by Gasteiger charge is -2.36. The summed E-state index contributed by atoms with van der Waals surface area (Å²) in [5, 5.41) is 0. The zero-order valence-corrected chi connectivity index (χ0v) is 12.0. The minimum absolute atomic E-state index is 0.118. The van der Waals surface area contributed by atoms with E-state index < -0.39 is 10.2 Å². The van der Waals surface area contributed by atoms with Gasteiger partial charge < -0.3 is 0 Å². The molecule has 1 fully saturated rings. The van der Waals surface area contributed by atoms with E-state index in [9.17, 15) is 8.42 Å². The summed E-state index contributed by atoms with van der Waals surface area (Å²) < 4.78 is 28.1. The Morgan fingerprint density at radius 1 is 1.47 bits per heavy atom. The Balaban J connectivity index is 2.86. The van der Waals surface area contributed by atoms with Crippen molar-refractivity contribution in [1.82, 2.24) is 8.61 Å². The lowest BCUT2D eigenvalue weighted by Crippen LogP contribution is -2.50. The molecule has 0 unspecified atom stereocenters. The van der Waals surface area contributed by atoms with E-state index >= 15 is 0 Å². The van der Waals surface area contributed by atoms with Crippen LogP contribution in [0.25, 0.3) is 0 Å². The van der Waals surface area contributed by atoms with Crippen molar-refractivity contribution in [2.24, 2.45) is 0 Å². The molecule has 1 saturated heterocycles. The van der Waals surface area contributed by atoms with Crippen LogP contribution >= 0.6 is 0 Å². The fourth-order valence-electron chi connectivity index (χ4n) is 2.22. The number of nitrogens with zero attached hydrogens (tertiary/aromatic N) is 2. The summed E-state index contributed by atoms with van der Waals surface area (Å²) >= 11 is 0. The van der Waals surface area contributed by atoms with Crippen LogP contribution in [0.1, 0.15) is 40.0 Å². The molecule has 0 aromatic rings. The molecular weight excluding hydrogens is 236 g/mol. The Hall–Kier alpha value is -0.390. The average molecular weight is 260 g/mol. The molecule has 0 aliphatic carbocycles. The maximum Gasteiger partial charge on any atom is 0.282 e. The zero-order chi connectivity index (χ0) is 13.1. The van der Waals surface area contributed by atoms with Gasteiger partial charge in [-0.15, -0.1) is 0 Å². The van der Waals surface area contributed by atoms with E-state index in [1.807, 2.05) is 20.8 Å². The summed E-state index contributed by atoms with van der Waals surface area (Å²) in [5.41, 5.74) is 0.875. The van der Waals surface area contributed by atoms with E-state index in [2.05, 4.69) is 6.58 Å². The zero-order valence-electron chi connectivity index (χ0n) is 11.1. The quantitative estimate of drug-likeness (QED) is 0.709. The molecule has 1 rings (SSSR count). The third-order valence-electron chi connectivity index (χ3n) is 3.16. The number of piperidine rings is 1. The SMILES string of the molecule is C=C(C)CN(CC)S(=O)(=O)N1CCCC[C@H]1C. The van der Waals surface area contributed by atoms with Crippen LogP contribution in [0.3, 0.4) is 0 Å². The molecule has 1 aliphatic rings. The molecule has 100 valence electrons. The van der Waals surface area contributed by atoms with E-state index in [0.29, 0.717) is 19.6 Å². The second-order valence-corrected chi connectivity index (χ2v) is 6.73. The van der Waals surface area contributed by atoms with Gasteiger partial charge in [0.15, 0.2) is 0 Å². The van der Waals surface area contributed by atoms with Crippen molar-refractivity contribution >= 4 is 10.2 Å². The average Bonchev–Trinajstić information content (AvgIpc) is 2.25. The minimum Gasteiger partial charge on any atom is -0.195 e. The van der Waals surface area contributed by atoms with Gasteiger partial charge in [-0.25, -0.2) is 0 Å². The molecular formula is C12H24N2O2S. The molecule has 0 radical (unpaired) electrons. The van der Waals surface area contributed by atoms with E-state index in [0.717, 1.165) is 24.8 Å². The van der Waals surface area contributed by atoms with Gasteiger partial charge >= 0.3 is 0 Å². The highest BCUT2D eigenvalue weighted by molar-refractivity contribution is 7.86. The standard InChI is InChI=1S/C12H24N2O2S/c1-5-13(10-11(2)3)17(15,16)14-9-7-6-8-12(14)4/h12H,2,5-10H2,1,3-4H3/t12-/m1/s1. The predicted molar refractivity (Wildman–Crippen MR) is 71.0 cm³/mol. The molecule has 0 spiro atoms. The molecule has 17 heavy (non-hydrogen) atoms. The highest BCUT2D eigenvalue weighted by Crippen LogP contribution is 2.22. The van der Waals surface area contributed by atoms with Crippen LogP contribution in [0, 0.1) is 0 Å². The fraction of sp³-hybridized carbons (Fsp3) is 0.833. The van der Waals surface area contributed by atoms with E-state index in [1.54, 1.807) is 4.31 Å². The van der Waals surface area contributed by atoms with Gasteiger partial charge in [0.2, 0.25) is 0 Å². The Morgan fingerprint density at radius 2 is 2.12 bits per heavy atom. The minimum atomic E-state index is -3.31. The molecule has 0 amide bonds. The Morgan fingerprint density at radius 3 is 2.59 bits per heavy atom. The van der Waals surface area contributed by atoms with Crippen LogP contribution in [0.15, 0.2) is 12.2 Å². The van der Waals surface area contributed by atoms with Gasteiger partial charge in [-0.3, -0.25) is 0 Å². The lowest BCUT2D eigenvalue weighted by atomic mass is 10.1. The van der Waals surface area contributed by atoms with Crippen molar-refractivity contribution in [3.63, 3.8) is 0 Å². The molecule has 0 saturated carbocycles. The molecule has 0 bridgehead atoms. The number of hydrogen-bond acceptors (Lipinski definition) is 2. The molecule has 0 N–H and O–H groups in total. The van der Waals surface area contributed by atoms with Gasteiger partial charge in [0.05, 0.1) is 0 Å². The second-order valence-electron chi connectivity index (χ2n) is 4.85. The van der Waals surface area contributed by atoms with Crippen LogP contribution in [-0.2, 0) is 10.2 Å². The monoisotopic (exact) mass is 260 g/mol. The molecule has 0 aromatic heterocycles. The number of rotatable bonds is 5. The van der Waals surface area contributed by atoms with Crippen LogP contribution in [-0.4, -0.2) is 42.7 Å². The number of likely N-dealkylation sites (N-methyl/N-ethyl adjacent to an activating group) is 1. The maximum absolute atomic E-state index is 12.5. The largest absolute Gasteiger partial charge is 0.282 e. The Labute approximate surface area is 105 Å². The van der Waals surface area contributed by atoms with Crippen molar-refractivity contribution in [1.29, 1.82) is 0 Å². The summed E-state index contributed by atoms with van der Waals surface area (Å²) in [5.74, 6) is 0. The smallest absolute Gasteiger partial charge is 0.195 e. The van der Waals surface area contributed by atoms with Crippen LogP contribution in [0.5, 0.6) is 0 Å². The van der Waals surface area contributed by atoms with Crippen molar-refractivity contribution < 1.29 is 8.42 Å². The lowest BCUT2D eigenvalue weighted by molar-refractivity contribution is 0.248. The van der Waals surface area contributed by atoms with Gasteiger partial charge in [0.25, 0.3) is 10.2 Å².